The van der Waals surface area contributed by atoms with Crippen molar-refractivity contribution in [2.24, 2.45) is 0 Å². The lowest BCUT2D eigenvalue weighted by Crippen LogP contribution is -2.13. The molecule has 0 aliphatic carbocycles. The number of halogens is 1. The lowest BCUT2D eigenvalue weighted by atomic mass is 10.1. The van der Waals surface area contributed by atoms with Crippen LogP contribution in [-0.4, -0.2) is 30.4 Å². The second-order valence-electron chi connectivity index (χ2n) is 2.94. The zero-order valence-corrected chi connectivity index (χ0v) is 10.9. The number of hydrogen-bond donors (Lipinski definition) is 2. The quantitative estimate of drug-likeness (QED) is 0.813. The van der Waals surface area contributed by atoms with Crippen LogP contribution in [-0.2, 0) is 4.79 Å². The molecule has 1 aromatic rings. The summed E-state index contributed by atoms with van der Waals surface area (Å²) in [4.78, 5) is 10.8. The number of rotatable bonds is 4. The van der Waals surface area contributed by atoms with Gasteiger partial charge in [0.25, 0.3) is 0 Å². The Balaban J connectivity index is 3.37. The van der Waals surface area contributed by atoms with E-state index in [1.54, 1.807) is 12.1 Å². The Labute approximate surface area is 106 Å². The summed E-state index contributed by atoms with van der Waals surface area (Å²) >= 11 is 1.91. The van der Waals surface area contributed by atoms with Gasteiger partial charge in [-0.3, -0.25) is 0 Å². The molecule has 1 aromatic carbocycles. The number of aliphatic hydroxyl groups excluding tert-OH is 1. The van der Waals surface area contributed by atoms with Crippen molar-refractivity contribution in [2.75, 3.05) is 14.2 Å². The van der Waals surface area contributed by atoms with E-state index in [4.69, 9.17) is 14.6 Å². The van der Waals surface area contributed by atoms with Gasteiger partial charge in [-0.2, -0.15) is 0 Å². The fraction of sp³-hybridized carbons (Fsp3) is 0.300. The van der Waals surface area contributed by atoms with Crippen LogP contribution in [0.25, 0.3) is 0 Å². The van der Waals surface area contributed by atoms with Crippen LogP contribution in [0.15, 0.2) is 12.1 Å². The molecule has 1 unspecified atom stereocenters. The van der Waals surface area contributed by atoms with Crippen LogP contribution in [0.1, 0.15) is 11.7 Å². The van der Waals surface area contributed by atoms with Crippen molar-refractivity contribution < 1.29 is 24.5 Å². The zero-order chi connectivity index (χ0) is 12.3. The largest absolute Gasteiger partial charge is 0.496 e. The Hall–Kier alpha value is -1.02. The first-order valence-electron chi connectivity index (χ1n) is 4.34. The van der Waals surface area contributed by atoms with Crippen molar-refractivity contribution in [1.29, 1.82) is 0 Å². The van der Waals surface area contributed by atoms with Gasteiger partial charge in [-0.1, -0.05) is 0 Å². The van der Waals surface area contributed by atoms with E-state index in [2.05, 4.69) is 0 Å². The molecule has 6 heteroatoms. The Morgan fingerprint density at radius 3 is 2.25 bits per heavy atom. The average Bonchev–Trinajstić information content (AvgIpc) is 2.27. The molecule has 0 saturated carbocycles. The normalized spacial score (nSPS) is 12.0. The van der Waals surface area contributed by atoms with E-state index in [1.165, 1.54) is 14.2 Å². The molecule has 0 heterocycles. The molecule has 0 aromatic heterocycles. The third kappa shape index (κ3) is 2.38. The number of carbonyl (C=O) groups is 1. The van der Waals surface area contributed by atoms with Crippen molar-refractivity contribution in [3.8, 4) is 11.5 Å². The van der Waals surface area contributed by atoms with Crippen LogP contribution in [0.5, 0.6) is 11.5 Å². The van der Waals surface area contributed by atoms with Gasteiger partial charge in [0.05, 0.1) is 23.4 Å². The molecular formula is C10H11IO5. The molecular weight excluding hydrogens is 327 g/mol. The van der Waals surface area contributed by atoms with E-state index in [0.717, 1.165) is 0 Å². The van der Waals surface area contributed by atoms with Crippen molar-refractivity contribution in [1.82, 2.24) is 0 Å². The minimum atomic E-state index is -1.63. The van der Waals surface area contributed by atoms with Crippen molar-refractivity contribution in [2.45, 2.75) is 6.10 Å². The second kappa shape index (κ2) is 5.35. The fourth-order valence-electron chi connectivity index (χ4n) is 1.27. The minimum absolute atomic E-state index is 0.204. The summed E-state index contributed by atoms with van der Waals surface area (Å²) in [6, 6.07) is 3.21. The maximum atomic E-state index is 10.8. The SMILES string of the molecule is COc1ccc(OC)c(C(O)C(=O)O)c1I. The average molecular weight is 338 g/mol. The smallest absolute Gasteiger partial charge is 0.337 e. The van der Waals surface area contributed by atoms with E-state index < -0.39 is 12.1 Å². The Morgan fingerprint density at radius 1 is 1.31 bits per heavy atom. The number of carboxylic acid groups (broad SMARTS) is 1. The molecule has 0 saturated heterocycles. The topological polar surface area (TPSA) is 76.0 Å². The summed E-state index contributed by atoms with van der Waals surface area (Å²) in [6.45, 7) is 0. The first-order chi connectivity index (χ1) is 7.52. The third-order valence-electron chi connectivity index (χ3n) is 2.05. The van der Waals surface area contributed by atoms with Crippen molar-refractivity contribution in [3.63, 3.8) is 0 Å². The Kier molecular flexibility index (Phi) is 4.36. The predicted octanol–water partition coefficient (Wildman–Crippen LogP) is 1.43. The van der Waals surface area contributed by atoms with Crippen LogP contribution in [0.2, 0.25) is 0 Å². The molecule has 0 fully saturated rings. The first-order valence-corrected chi connectivity index (χ1v) is 5.42. The predicted molar refractivity (Wildman–Crippen MR) is 64.9 cm³/mol. The first kappa shape index (κ1) is 13.0. The lowest BCUT2D eigenvalue weighted by molar-refractivity contribution is -0.147. The molecule has 0 aliphatic heterocycles. The number of ether oxygens (including phenoxy) is 2. The lowest BCUT2D eigenvalue weighted by Gasteiger charge is -2.15. The van der Waals surface area contributed by atoms with Crippen molar-refractivity contribution in [3.05, 3.63) is 21.3 Å². The Morgan fingerprint density at radius 2 is 1.81 bits per heavy atom. The van der Waals surface area contributed by atoms with Gasteiger partial charge in [0.1, 0.15) is 11.5 Å². The number of carboxylic acids is 1. The number of methoxy groups -OCH3 is 2. The Bertz CT molecular complexity index is 404. The van der Waals surface area contributed by atoms with Gasteiger partial charge in [-0.25, -0.2) is 4.79 Å². The highest BCUT2D eigenvalue weighted by molar-refractivity contribution is 14.1. The van der Waals surface area contributed by atoms with E-state index in [9.17, 15) is 9.90 Å². The highest BCUT2D eigenvalue weighted by Gasteiger charge is 2.25. The zero-order valence-electron chi connectivity index (χ0n) is 8.73. The molecule has 0 spiro atoms. The summed E-state index contributed by atoms with van der Waals surface area (Å²) in [5.74, 6) is -0.513. The number of hydrogen-bond acceptors (Lipinski definition) is 4. The van der Waals surface area contributed by atoms with E-state index in [0.29, 0.717) is 15.1 Å². The van der Waals surface area contributed by atoms with Gasteiger partial charge in [-0.15, -0.1) is 0 Å². The standard InChI is InChI=1S/C10H11IO5/c1-15-5-3-4-6(16-2)8(11)7(5)9(12)10(13)14/h3-4,9,12H,1-2H3,(H,13,14). The van der Waals surface area contributed by atoms with Crippen LogP contribution >= 0.6 is 22.6 Å². The molecule has 88 valence electrons. The monoisotopic (exact) mass is 338 g/mol. The molecule has 1 rings (SSSR count). The molecule has 0 amide bonds. The van der Waals surface area contributed by atoms with Gasteiger partial charge in [0.2, 0.25) is 0 Å². The second-order valence-corrected chi connectivity index (χ2v) is 4.02. The number of benzene rings is 1. The van der Waals surface area contributed by atoms with Gasteiger partial charge in [-0.05, 0) is 34.7 Å². The van der Waals surface area contributed by atoms with Crippen LogP contribution in [0, 0.1) is 3.57 Å². The van der Waals surface area contributed by atoms with E-state index in [-0.39, 0.29) is 5.56 Å². The summed E-state index contributed by atoms with van der Waals surface area (Å²) in [7, 11) is 2.89. The van der Waals surface area contributed by atoms with Gasteiger partial charge in [0.15, 0.2) is 6.10 Å². The fourth-order valence-corrected chi connectivity index (χ4v) is 2.23. The third-order valence-corrected chi connectivity index (χ3v) is 3.16. The molecule has 0 radical (unpaired) electrons. The maximum absolute atomic E-state index is 10.8. The molecule has 0 aliphatic rings. The van der Waals surface area contributed by atoms with Gasteiger partial charge in [0, 0.05) is 0 Å². The highest BCUT2D eigenvalue weighted by atomic mass is 127. The summed E-state index contributed by atoms with van der Waals surface area (Å²) < 4.78 is 10.6. The summed E-state index contributed by atoms with van der Waals surface area (Å²) in [5.41, 5.74) is 0.204. The number of aliphatic hydroxyl groups is 1. The highest BCUT2D eigenvalue weighted by Crippen LogP contribution is 2.35. The van der Waals surface area contributed by atoms with Crippen LogP contribution < -0.4 is 9.47 Å². The number of aliphatic carboxylic acids is 1. The van der Waals surface area contributed by atoms with Crippen LogP contribution in [0.3, 0.4) is 0 Å². The molecule has 16 heavy (non-hydrogen) atoms. The maximum Gasteiger partial charge on any atom is 0.337 e. The van der Waals surface area contributed by atoms with Crippen LogP contribution in [0.4, 0.5) is 0 Å². The summed E-state index contributed by atoms with van der Waals surface area (Å²) in [5, 5.41) is 18.4. The minimum Gasteiger partial charge on any atom is -0.496 e. The molecule has 2 N–H and O–H groups in total. The summed E-state index contributed by atoms with van der Waals surface area (Å²) in [6.07, 6.45) is -1.63. The van der Waals surface area contributed by atoms with Gasteiger partial charge >= 0.3 is 5.97 Å². The molecule has 0 bridgehead atoms. The van der Waals surface area contributed by atoms with Crippen molar-refractivity contribution >= 4 is 28.6 Å². The molecule has 5 nitrogen and oxygen atoms in total. The van der Waals surface area contributed by atoms with Gasteiger partial charge < -0.3 is 19.7 Å². The molecule has 1 atom stereocenters. The van der Waals surface area contributed by atoms with E-state index in [1.807, 2.05) is 22.6 Å². The van der Waals surface area contributed by atoms with E-state index >= 15 is 0 Å².